The molecule has 9 nitrogen and oxygen atoms in total. The molecule has 0 unspecified atom stereocenters. The number of urea groups is 1. The van der Waals surface area contributed by atoms with Gasteiger partial charge in [-0.25, -0.2) is 27.9 Å². The van der Waals surface area contributed by atoms with Crippen molar-refractivity contribution in [3.05, 3.63) is 12.4 Å². The van der Waals surface area contributed by atoms with E-state index in [9.17, 15) is 13.2 Å². The molecular formula is C9H16N6O3S. The Morgan fingerprint density at radius 3 is 2.42 bits per heavy atom. The van der Waals surface area contributed by atoms with Gasteiger partial charge in [-0.2, -0.15) is 0 Å². The molecular weight excluding hydrogens is 272 g/mol. The van der Waals surface area contributed by atoms with Gasteiger partial charge in [0.2, 0.25) is 16.0 Å². The van der Waals surface area contributed by atoms with E-state index >= 15 is 0 Å². The van der Waals surface area contributed by atoms with Gasteiger partial charge in [-0.3, -0.25) is 0 Å². The summed E-state index contributed by atoms with van der Waals surface area (Å²) in [6, 6.07) is -0.296. The number of sulfonamides is 1. The predicted molar refractivity (Wildman–Crippen MR) is 68.7 cm³/mol. The van der Waals surface area contributed by atoms with E-state index in [-0.39, 0.29) is 30.0 Å². The van der Waals surface area contributed by atoms with Crippen LogP contribution in [-0.2, 0) is 10.0 Å². The fourth-order valence-electron chi connectivity index (χ4n) is 1.06. The molecule has 10 heteroatoms. The Kier molecular flexibility index (Phi) is 5.01. The van der Waals surface area contributed by atoms with E-state index in [1.165, 1.54) is 4.90 Å². The number of amides is 2. The fourth-order valence-corrected chi connectivity index (χ4v) is 1.98. The van der Waals surface area contributed by atoms with E-state index in [1.54, 1.807) is 14.1 Å². The Morgan fingerprint density at radius 1 is 1.32 bits per heavy atom. The van der Waals surface area contributed by atoms with E-state index in [2.05, 4.69) is 20.0 Å². The molecule has 19 heavy (non-hydrogen) atoms. The summed E-state index contributed by atoms with van der Waals surface area (Å²) in [5.41, 5.74) is 5.26. The number of nitrogens with zero attached hydrogens (tertiary/aromatic N) is 3. The summed E-state index contributed by atoms with van der Waals surface area (Å²) in [5.74, 6) is -0.00260. The van der Waals surface area contributed by atoms with Crippen molar-refractivity contribution in [3.8, 4) is 0 Å². The number of aromatic nitrogens is 2. The zero-order valence-electron chi connectivity index (χ0n) is 10.6. The predicted octanol–water partition coefficient (Wildman–Crippen LogP) is -1.39. The van der Waals surface area contributed by atoms with Crippen LogP contribution in [-0.4, -0.2) is 56.5 Å². The normalized spacial score (nSPS) is 11.1. The average molecular weight is 288 g/mol. The van der Waals surface area contributed by atoms with Crippen molar-refractivity contribution < 1.29 is 13.2 Å². The van der Waals surface area contributed by atoms with E-state index in [1.807, 2.05) is 0 Å². The molecule has 0 saturated heterocycles. The van der Waals surface area contributed by atoms with Crippen LogP contribution in [0.5, 0.6) is 0 Å². The van der Waals surface area contributed by atoms with Crippen molar-refractivity contribution in [1.29, 1.82) is 0 Å². The molecule has 0 spiro atoms. The van der Waals surface area contributed by atoms with Gasteiger partial charge in [0.15, 0.2) is 0 Å². The summed E-state index contributed by atoms with van der Waals surface area (Å²) < 4.78 is 25.8. The summed E-state index contributed by atoms with van der Waals surface area (Å²) in [5, 5.41) is 2.52. The largest absolute Gasteiger partial charge is 0.368 e. The topological polar surface area (TPSA) is 130 Å². The van der Waals surface area contributed by atoms with Crippen molar-refractivity contribution in [2.24, 2.45) is 0 Å². The molecule has 0 atom stereocenters. The second kappa shape index (κ2) is 6.29. The van der Waals surface area contributed by atoms with Gasteiger partial charge >= 0.3 is 6.03 Å². The summed E-state index contributed by atoms with van der Waals surface area (Å²) >= 11 is 0. The molecule has 0 fully saturated rings. The Morgan fingerprint density at radius 2 is 1.89 bits per heavy atom. The highest BCUT2D eigenvalue weighted by Gasteiger charge is 2.14. The smallest absolute Gasteiger partial charge is 0.316 e. The summed E-state index contributed by atoms with van der Waals surface area (Å²) in [6.45, 7) is 0.234. The first-order valence-corrected chi connectivity index (χ1v) is 6.83. The molecule has 1 heterocycles. The van der Waals surface area contributed by atoms with Crippen LogP contribution in [0.25, 0.3) is 0 Å². The van der Waals surface area contributed by atoms with Gasteiger partial charge in [0.25, 0.3) is 0 Å². The van der Waals surface area contributed by atoms with Crippen LogP contribution in [0.2, 0.25) is 0 Å². The summed E-state index contributed by atoms with van der Waals surface area (Å²) in [7, 11) is -0.514. The third kappa shape index (κ3) is 4.67. The lowest BCUT2D eigenvalue weighted by atomic mass is 10.6. The molecule has 106 valence electrons. The number of hydrogen-bond donors (Lipinski definition) is 3. The Hall–Kier alpha value is -1.94. The van der Waals surface area contributed by atoms with Crippen LogP contribution in [0.4, 0.5) is 10.7 Å². The van der Waals surface area contributed by atoms with Crippen molar-refractivity contribution in [3.63, 3.8) is 0 Å². The van der Waals surface area contributed by atoms with Crippen LogP contribution in [0.3, 0.4) is 0 Å². The first kappa shape index (κ1) is 15.1. The molecule has 0 bridgehead atoms. The van der Waals surface area contributed by atoms with Gasteiger partial charge in [0.05, 0.1) is 12.4 Å². The van der Waals surface area contributed by atoms with E-state index in [4.69, 9.17) is 5.73 Å². The zero-order valence-corrected chi connectivity index (χ0v) is 11.4. The molecule has 0 radical (unpaired) electrons. The lowest BCUT2D eigenvalue weighted by Gasteiger charge is -2.12. The minimum Gasteiger partial charge on any atom is -0.368 e. The van der Waals surface area contributed by atoms with Gasteiger partial charge in [-0.05, 0) is 0 Å². The lowest BCUT2D eigenvalue weighted by Crippen LogP contribution is -2.39. The number of hydrogen-bond acceptors (Lipinski definition) is 6. The Balaban J connectivity index is 2.48. The molecule has 1 aromatic heterocycles. The van der Waals surface area contributed by atoms with Crippen molar-refractivity contribution >= 4 is 22.0 Å². The Labute approximate surface area is 111 Å². The number of carbonyl (C=O) groups is 1. The number of carbonyl (C=O) groups excluding carboxylic acids is 1. The van der Waals surface area contributed by atoms with Gasteiger partial charge in [-0.1, -0.05) is 0 Å². The monoisotopic (exact) mass is 288 g/mol. The first-order chi connectivity index (χ1) is 8.83. The van der Waals surface area contributed by atoms with Crippen LogP contribution in [0.1, 0.15) is 0 Å². The minimum atomic E-state index is -3.69. The average Bonchev–Trinajstić information content (AvgIpc) is 2.34. The number of nitrogens with two attached hydrogens (primary N) is 1. The molecule has 0 saturated carbocycles. The fraction of sp³-hybridized carbons (Fsp3) is 0.444. The quantitative estimate of drug-likeness (QED) is 0.572. The summed E-state index contributed by atoms with van der Waals surface area (Å²) in [6.07, 6.45) is 2.23. The minimum absolute atomic E-state index is 0.00260. The summed E-state index contributed by atoms with van der Waals surface area (Å²) in [4.78, 5) is 19.6. The molecule has 0 aliphatic rings. The maximum absolute atomic E-state index is 11.8. The van der Waals surface area contributed by atoms with Gasteiger partial charge in [0, 0.05) is 27.2 Å². The van der Waals surface area contributed by atoms with Crippen LogP contribution >= 0.6 is 0 Å². The highest BCUT2D eigenvalue weighted by molar-refractivity contribution is 7.89. The second-order valence-electron chi connectivity index (χ2n) is 3.80. The lowest BCUT2D eigenvalue weighted by molar-refractivity contribution is 0.217. The van der Waals surface area contributed by atoms with Gasteiger partial charge in [0.1, 0.15) is 4.90 Å². The van der Waals surface area contributed by atoms with Gasteiger partial charge in [-0.15, -0.1) is 0 Å². The second-order valence-corrected chi connectivity index (χ2v) is 5.57. The highest BCUT2D eigenvalue weighted by Crippen LogP contribution is 2.04. The highest BCUT2D eigenvalue weighted by atomic mass is 32.2. The van der Waals surface area contributed by atoms with E-state index < -0.39 is 10.0 Å². The van der Waals surface area contributed by atoms with Gasteiger partial charge < -0.3 is 16.0 Å². The van der Waals surface area contributed by atoms with Crippen molar-refractivity contribution in [2.45, 2.75) is 4.90 Å². The van der Waals surface area contributed by atoms with E-state index in [0.717, 1.165) is 12.4 Å². The van der Waals surface area contributed by atoms with Crippen molar-refractivity contribution in [2.75, 3.05) is 32.9 Å². The molecule has 0 aromatic carbocycles. The maximum Gasteiger partial charge on any atom is 0.316 e. The zero-order chi connectivity index (χ0) is 14.5. The molecule has 0 aliphatic heterocycles. The molecule has 1 aromatic rings. The molecule has 0 aliphatic carbocycles. The van der Waals surface area contributed by atoms with Crippen molar-refractivity contribution in [1.82, 2.24) is 24.9 Å². The van der Waals surface area contributed by atoms with Crippen LogP contribution < -0.4 is 15.8 Å². The third-order valence-electron chi connectivity index (χ3n) is 2.06. The molecule has 1 rings (SSSR count). The number of rotatable bonds is 5. The van der Waals surface area contributed by atoms with Crippen LogP contribution in [0.15, 0.2) is 17.3 Å². The molecule has 2 amide bonds. The van der Waals surface area contributed by atoms with E-state index in [0.29, 0.717) is 0 Å². The standard InChI is InChI=1S/C9H16N6O3S/c1-15(2)9(16)11-3-4-14-19(17,18)7-5-12-8(10)13-6-7/h5-6,14H,3-4H2,1-2H3,(H,11,16)(H2,10,12,13). The van der Waals surface area contributed by atoms with Crippen LogP contribution in [0, 0.1) is 0 Å². The molecule has 4 N–H and O–H groups in total. The number of anilines is 1. The SMILES string of the molecule is CN(C)C(=O)NCCNS(=O)(=O)c1cnc(N)nc1. The third-order valence-corrected chi connectivity index (χ3v) is 3.47. The first-order valence-electron chi connectivity index (χ1n) is 5.35. The Bertz CT molecular complexity index is 527. The maximum atomic E-state index is 11.8. The number of nitrogens with one attached hydrogen (secondary N) is 2. The number of nitrogen functional groups attached to an aromatic ring is 1.